The van der Waals surface area contributed by atoms with Gasteiger partial charge in [-0.3, -0.25) is 4.79 Å². The van der Waals surface area contributed by atoms with E-state index in [1.54, 1.807) is 31.3 Å². The molecule has 1 aliphatic rings. The van der Waals surface area contributed by atoms with Crippen LogP contribution in [0.3, 0.4) is 0 Å². The predicted octanol–water partition coefficient (Wildman–Crippen LogP) is 2.10. The van der Waals surface area contributed by atoms with Gasteiger partial charge in [0.05, 0.1) is 17.5 Å². The number of aromatic nitrogens is 2. The molecular weight excluding hydrogens is 295 g/mol. The van der Waals surface area contributed by atoms with Crippen LogP contribution in [0.4, 0.5) is 4.39 Å². The van der Waals surface area contributed by atoms with Crippen LogP contribution < -0.4 is 0 Å². The van der Waals surface area contributed by atoms with Crippen LogP contribution >= 0.6 is 0 Å². The summed E-state index contributed by atoms with van der Waals surface area (Å²) >= 11 is 0. The van der Waals surface area contributed by atoms with Gasteiger partial charge in [0.1, 0.15) is 11.5 Å². The molecule has 0 spiro atoms. The Kier molecular flexibility index (Phi) is 4.43. The molecule has 6 heteroatoms. The van der Waals surface area contributed by atoms with E-state index in [9.17, 15) is 9.18 Å². The highest BCUT2D eigenvalue weighted by atomic mass is 19.1. The minimum Gasteiger partial charge on any atom is -0.337 e. The van der Waals surface area contributed by atoms with Crippen LogP contribution in [-0.4, -0.2) is 58.7 Å². The van der Waals surface area contributed by atoms with E-state index < -0.39 is 0 Å². The van der Waals surface area contributed by atoms with Gasteiger partial charge < -0.3 is 9.80 Å². The number of carbonyl (C=O) groups excluding carboxylic acids is 1. The van der Waals surface area contributed by atoms with Crippen molar-refractivity contribution in [3.63, 3.8) is 0 Å². The fourth-order valence-electron chi connectivity index (χ4n) is 2.91. The lowest BCUT2D eigenvalue weighted by Crippen LogP contribution is -2.34. The average Bonchev–Trinajstić information content (AvgIpc) is 2.77. The molecule has 0 radical (unpaired) electrons. The van der Waals surface area contributed by atoms with Crippen LogP contribution in [-0.2, 0) is 0 Å². The van der Waals surface area contributed by atoms with Gasteiger partial charge >= 0.3 is 0 Å². The van der Waals surface area contributed by atoms with Gasteiger partial charge in [-0.25, -0.2) is 9.07 Å². The Morgan fingerprint density at radius 2 is 1.96 bits per heavy atom. The van der Waals surface area contributed by atoms with E-state index in [2.05, 4.69) is 17.0 Å². The van der Waals surface area contributed by atoms with Gasteiger partial charge in [0.2, 0.25) is 0 Å². The van der Waals surface area contributed by atoms with Crippen LogP contribution in [0, 0.1) is 12.7 Å². The van der Waals surface area contributed by atoms with Gasteiger partial charge in [0, 0.05) is 19.6 Å². The molecule has 0 N–H and O–H groups in total. The molecule has 0 atom stereocenters. The maximum absolute atomic E-state index is 14.0. The number of benzene rings is 1. The van der Waals surface area contributed by atoms with Crippen LogP contribution in [0.15, 0.2) is 30.5 Å². The number of amides is 1. The Morgan fingerprint density at radius 1 is 1.17 bits per heavy atom. The number of carbonyl (C=O) groups is 1. The lowest BCUT2D eigenvalue weighted by Gasteiger charge is -2.20. The van der Waals surface area contributed by atoms with E-state index in [1.165, 1.54) is 10.7 Å². The number of hydrogen-bond donors (Lipinski definition) is 0. The van der Waals surface area contributed by atoms with Crippen molar-refractivity contribution in [1.29, 1.82) is 0 Å². The lowest BCUT2D eigenvalue weighted by molar-refractivity contribution is 0.0762. The number of para-hydroxylation sites is 1. The van der Waals surface area contributed by atoms with Crippen molar-refractivity contribution in [3.8, 4) is 5.69 Å². The summed E-state index contributed by atoms with van der Waals surface area (Å²) in [6.45, 7) is 5.12. The van der Waals surface area contributed by atoms with Gasteiger partial charge in [-0.05, 0) is 39.1 Å². The van der Waals surface area contributed by atoms with Crippen molar-refractivity contribution in [2.45, 2.75) is 13.3 Å². The Balaban J connectivity index is 1.87. The molecule has 1 fully saturated rings. The summed E-state index contributed by atoms with van der Waals surface area (Å²) in [4.78, 5) is 16.9. The second-order valence-corrected chi connectivity index (χ2v) is 5.96. The lowest BCUT2D eigenvalue weighted by atomic mass is 10.2. The van der Waals surface area contributed by atoms with Crippen molar-refractivity contribution < 1.29 is 9.18 Å². The fourth-order valence-corrected chi connectivity index (χ4v) is 2.91. The molecule has 5 nitrogen and oxygen atoms in total. The second-order valence-electron chi connectivity index (χ2n) is 5.96. The summed E-state index contributed by atoms with van der Waals surface area (Å²) in [6, 6.07) is 6.44. The molecule has 0 saturated carbocycles. The van der Waals surface area contributed by atoms with Gasteiger partial charge in [0.15, 0.2) is 0 Å². The third-order valence-electron chi connectivity index (χ3n) is 4.33. The maximum atomic E-state index is 14.0. The molecule has 23 heavy (non-hydrogen) atoms. The quantitative estimate of drug-likeness (QED) is 0.852. The molecule has 0 bridgehead atoms. The van der Waals surface area contributed by atoms with Crippen molar-refractivity contribution in [2.75, 3.05) is 33.2 Å². The molecule has 0 aliphatic carbocycles. The van der Waals surface area contributed by atoms with Crippen molar-refractivity contribution >= 4 is 5.91 Å². The van der Waals surface area contributed by atoms with E-state index in [0.29, 0.717) is 23.5 Å². The van der Waals surface area contributed by atoms with E-state index in [1.807, 2.05) is 4.90 Å². The zero-order chi connectivity index (χ0) is 16.4. The van der Waals surface area contributed by atoms with Crippen LogP contribution in [0.25, 0.3) is 5.69 Å². The summed E-state index contributed by atoms with van der Waals surface area (Å²) in [5.74, 6) is -0.380. The molecule has 122 valence electrons. The first kappa shape index (κ1) is 15.7. The van der Waals surface area contributed by atoms with Gasteiger partial charge in [-0.1, -0.05) is 12.1 Å². The van der Waals surface area contributed by atoms with Crippen LogP contribution in [0.5, 0.6) is 0 Å². The zero-order valence-electron chi connectivity index (χ0n) is 13.5. The van der Waals surface area contributed by atoms with E-state index in [0.717, 1.165) is 26.1 Å². The summed E-state index contributed by atoms with van der Waals surface area (Å²) in [6.07, 6.45) is 2.50. The second kappa shape index (κ2) is 6.50. The first-order valence-electron chi connectivity index (χ1n) is 7.85. The van der Waals surface area contributed by atoms with Gasteiger partial charge in [-0.2, -0.15) is 5.10 Å². The largest absolute Gasteiger partial charge is 0.337 e. The highest BCUT2D eigenvalue weighted by Crippen LogP contribution is 2.18. The Hall–Kier alpha value is -2.21. The Labute approximate surface area is 135 Å². The first-order chi connectivity index (χ1) is 11.1. The molecule has 0 unspecified atom stereocenters. The van der Waals surface area contributed by atoms with Crippen molar-refractivity contribution in [2.24, 2.45) is 0 Å². The molecule has 1 aliphatic heterocycles. The fraction of sp³-hybridized carbons (Fsp3) is 0.412. The number of hydrogen-bond acceptors (Lipinski definition) is 3. The van der Waals surface area contributed by atoms with E-state index >= 15 is 0 Å². The Bertz CT molecular complexity index is 712. The number of nitrogens with zero attached hydrogens (tertiary/aromatic N) is 4. The van der Waals surface area contributed by atoms with Gasteiger partial charge in [-0.15, -0.1) is 0 Å². The molecule has 1 aromatic heterocycles. The van der Waals surface area contributed by atoms with Crippen LogP contribution in [0.1, 0.15) is 22.5 Å². The molecule has 2 aromatic rings. The first-order valence-corrected chi connectivity index (χ1v) is 7.85. The topological polar surface area (TPSA) is 41.4 Å². The van der Waals surface area contributed by atoms with Crippen molar-refractivity contribution in [1.82, 2.24) is 19.6 Å². The molecule has 1 amide bonds. The van der Waals surface area contributed by atoms with Crippen LogP contribution in [0.2, 0.25) is 0 Å². The Morgan fingerprint density at radius 3 is 2.74 bits per heavy atom. The summed E-state index contributed by atoms with van der Waals surface area (Å²) in [5.41, 5.74) is 1.56. The molecular formula is C17H21FN4O. The number of rotatable bonds is 2. The number of halogens is 1. The minimum absolute atomic E-state index is 0.0274. The SMILES string of the molecule is Cc1c(C(=O)N2CCCN(C)CC2)cnn1-c1ccccc1F. The number of likely N-dealkylation sites (N-methyl/N-ethyl adjacent to an activating group) is 1. The highest BCUT2D eigenvalue weighted by Gasteiger charge is 2.23. The smallest absolute Gasteiger partial charge is 0.257 e. The summed E-state index contributed by atoms with van der Waals surface area (Å²) in [7, 11) is 2.06. The third kappa shape index (κ3) is 3.12. The minimum atomic E-state index is -0.353. The van der Waals surface area contributed by atoms with E-state index in [4.69, 9.17) is 0 Å². The maximum Gasteiger partial charge on any atom is 0.257 e. The zero-order valence-corrected chi connectivity index (χ0v) is 13.5. The monoisotopic (exact) mass is 316 g/mol. The highest BCUT2D eigenvalue weighted by molar-refractivity contribution is 5.95. The summed E-state index contributed by atoms with van der Waals surface area (Å²) < 4.78 is 15.4. The van der Waals surface area contributed by atoms with Crippen molar-refractivity contribution in [3.05, 3.63) is 47.5 Å². The molecule has 1 saturated heterocycles. The molecule has 1 aromatic carbocycles. The third-order valence-corrected chi connectivity index (χ3v) is 4.33. The summed E-state index contributed by atoms with van der Waals surface area (Å²) in [5, 5.41) is 4.22. The molecule has 2 heterocycles. The van der Waals surface area contributed by atoms with Gasteiger partial charge in [0.25, 0.3) is 5.91 Å². The molecule has 3 rings (SSSR count). The average molecular weight is 316 g/mol. The van der Waals surface area contributed by atoms with E-state index in [-0.39, 0.29) is 11.7 Å². The normalized spacial score (nSPS) is 16.4. The predicted molar refractivity (Wildman–Crippen MR) is 86.3 cm³/mol. The standard InChI is InChI=1S/C17H21FN4O/c1-13-14(17(23)21-9-5-8-20(2)10-11-21)12-19-22(13)16-7-4-3-6-15(16)18/h3-4,6-7,12H,5,8-11H2,1-2H3.